The van der Waals surface area contributed by atoms with Crippen LogP contribution < -0.4 is 0 Å². The van der Waals surface area contributed by atoms with Gasteiger partial charge in [0.15, 0.2) is 0 Å². The standard InChI is InChI=1S/C20H26BrNOS/c1-22(2)20(16-5-7-17(21)8-6-16)13-11-19(23,12-14-20)10-9-18-4-3-15-24-18/h3-8,15,23H,9-14H2,1-2H3/t19-,20+. The molecule has 0 amide bonds. The number of benzene rings is 1. The summed E-state index contributed by atoms with van der Waals surface area (Å²) in [5.41, 5.74) is 0.880. The highest BCUT2D eigenvalue weighted by molar-refractivity contribution is 9.10. The highest BCUT2D eigenvalue weighted by atomic mass is 79.9. The molecule has 1 heterocycles. The lowest BCUT2D eigenvalue weighted by molar-refractivity contribution is -0.0511. The molecular weight excluding hydrogens is 382 g/mol. The van der Waals surface area contributed by atoms with Crippen molar-refractivity contribution < 1.29 is 5.11 Å². The van der Waals surface area contributed by atoms with Gasteiger partial charge in [-0.2, -0.15) is 0 Å². The summed E-state index contributed by atoms with van der Waals surface area (Å²) in [7, 11) is 4.33. The molecule has 0 saturated heterocycles. The van der Waals surface area contributed by atoms with E-state index in [4.69, 9.17) is 0 Å². The van der Waals surface area contributed by atoms with Crippen LogP contribution in [-0.2, 0) is 12.0 Å². The van der Waals surface area contributed by atoms with Gasteiger partial charge in [0.2, 0.25) is 0 Å². The molecule has 2 nitrogen and oxygen atoms in total. The van der Waals surface area contributed by atoms with E-state index in [-0.39, 0.29) is 5.54 Å². The number of hydrogen-bond acceptors (Lipinski definition) is 3. The lowest BCUT2D eigenvalue weighted by atomic mass is 9.69. The maximum atomic E-state index is 11.1. The minimum Gasteiger partial charge on any atom is -0.390 e. The zero-order valence-electron chi connectivity index (χ0n) is 14.5. The monoisotopic (exact) mass is 407 g/mol. The minimum absolute atomic E-state index is 0.0376. The van der Waals surface area contributed by atoms with Gasteiger partial charge < -0.3 is 5.11 Å². The highest BCUT2D eigenvalue weighted by Crippen LogP contribution is 2.46. The highest BCUT2D eigenvalue weighted by Gasteiger charge is 2.43. The molecule has 1 aromatic heterocycles. The van der Waals surface area contributed by atoms with Crippen molar-refractivity contribution in [1.82, 2.24) is 4.90 Å². The fraction of sp³-hybridized carbons (Fsp3) is 0.500. The van der Waals surface area contributed by atoms with E-state index < -0.39 is 5.60 Å². The molecule has 4 heteroatoms. The van der Waals surface area contributed by atoms with Gasteiger partial charge in [0.25, 0.3) is 0 Å². The van der Waals surface area contributed by atoms with Crippen LogP contribution in [0.4, 0.5) is 0 Å². The molecule has 0 spiro atoms. The first-order valence-corrected chi connectivity index (χ1v) is 10.3. The molecule has 1 aliphatic carbocycles. The molecule has 1 fully saturated rings. The molecular formula is C20H26BrNOS. The molecule has 0 bridgehead atoms. The van der Waals surface area contributed by atoms with Crippen molar-refractivity contribution in [2.75, 3.05) is 14.1 Å². The Bertz CT molecular complexity index is 643. The molecule has 0 aliphatic heterocycles. The van der Waals surface area contributed by atoms with Crippen LogP contribution in [0.15, 0.2) is 46.3 Å². The van der Waals surface area contributed by atoms with Crippen LogP contribution in [0.25, 0.3) is 0 Å². The predicted molar refractivity (Wildman–Crippen MR) is 106 cm³/mol. The lowest BCUT2D eigenvalue weighted by Gasteiger charge is -2.48. The Labute approximate surface area is 157 Å². The number of aliphatic hydroxyl groups is 1. The molecule has 0 atom stereocenters. The third kappa shape index (κ3) is 3.77. The van der Waals surface area contributed by atoms with Gasteiger partial charge in [-0.1, -0.05) is 34.1 Å². The molecule has 1 saturated carbocycles. The maximum Gasteiger partial charge on any atom is 0.0652 e. The zero-order valence-corrected chi connectivity index (χ0v) is 16.9. The fourth-order valence-electron chi connectivity index (χ4n) is 3.94. The summed E-state index contributed by atoms with van der Waals surface area (Å²) in [6.45, 7) is 0. The molecule has 130 valence electrons. The van der Waals surface area contributed by atoms with E-state index in [2.05, 4.69) is 76.7 Å². The van der Waals surface area contributed by atoms with Crippen molar-refractivity contribution in [1.29, 1.82) is 0 Å². The Morgan fingerprint density at radius 3 is 2.29 bits per heavy atom. The quantitative estimate of drug-likeness (QED) is 0.735. The lowest BCUT2D eigenvalue weighted by Crippen LogP contribution is -2.49. The third-order valence-electron chi connectivity index (χ3n) is 5.66. The van der Waals surface area contributed by atoms with Crippen molar-refractivity contribution in [3.05, 3.63) is 56.7 Å². The first-order chi connectivity index (χ1) is 11.4. The zero-order chi connectivity index (χ0) is 17.2. The first kappa shape index (κ1) is 18.1. The van der Waals surface area contributed by atoms with Crippen LogP contribution in [0.1, 0.15) is 42.5 Å². The Kier molecular flexibility index (Phi) is 5.50. The number of hydrogen-bond donors (Lipinski definition) is 1. The van der Waals surface area contributed by atoms with Crippen molar-refractivity contribution in [2.45, 2.75) is 49.7 Å². The maximum absolute atomic E-state index is 11.1. The first-order valence-electron chi connectivity index (χ1n) is 8.62. The number of halogens is 1. The van der Waals surface area contributed by atoms with Crippen LogP contribution in [-0.4, -0.2) is 29.7 Å². The van der Waals surface area contributed by atoms with E-state index in [1.807, 2.05) is 0 Å². The molecule has 1 aromatic carbocycles. The van der Waals surface area contributed by atoms with E-state index in [0.717, 1.165) is 43.0 Å². The van der Waals surface area contributed by atoms with Gasteiger partial charge in [-0.25, -0.2) is 0 Å². The second kappa shape index (κ2) is 7.28. The fourth-order valence-corrected chi connectivity index (χ4v) is 4.92. The Morgan fingerprint density at radius 1 is 1.08 bits per heavy atom. The third-order valence-corrected chi connectivity index (χ3v) is 7.13. The van der Waals surface area contributed by atoms with Crippen LogP contribution in [0.3, 0.4) is 0 Å². The summed E-state index contributed by atoms with van der Waals surface area (Å²) in [5.74, 6) is 0. The van der Waals surface area contributed by atoms with Crippen LogP contribution in [0.5, 0.6) is 0 Å². The van der Waals surface area contributed by atoms with Crippen LogP contribution in [0, 0.1) is 0 Å². The van der Waals surface area contributed by atoms with Gasteiger partial charge in [0.05, 0.1) is 5.60 Å². The summed E-state index contributed by atoms with van der Waals surface area (Å²) in [4.78, 5) is 3.72. The second-order valence-corrected chi connectivity index (χ2v) is 9.18. The molecule has 0 radical (unpaired) electrons. The summed E-state index contributed by atoms with van der Waals surface area (Å²) in [6, 6.07) is 13.0. The van der Waals surface area contributed by atoms with Crippen molar-refractivity contribution in [3.63, 3.8) is 0 Å². The number of rotatable bonds is 5. The Hall–Kier alpha value is -0.680. The molecule has 1 aliphatic rings. The number of aryl methyl sites for hydroxylation is 1. The molecule has 2 aromatic rings. The number of thiophene rings is 1. The smallest absolute Gasteiger partial charge is 0.0652 e. The van der Waals surface area contributed by atoms with Crippen molar-refractivity contribution >= 4 is 27.3 Å². The average Bonchev–Trinajstić information content (AvgIpc) is 3.08. The summed E-state index contributed by atoms with van der Waals surface area (Å²) >= 11 is 5.32. The SMILES string of the molecule is CN(C)[C@]1(c2ccc(Br)cc2)CC[C@@](O)(CCc2cccs2)CC1. The van der Waals surface area contributed by atoms with Gasteiger partial charge in [0, 0.05) is 14.9 Å². The van der Waals surface area contributed by atoms with Gasteiger partial charge in [-0.05, 0) is 81.8 Å². The minimum atomic E-state index is -0.515. The Morgan fingerprint density at radius 2 is 1.75 bits per heavy atom. The topological polar surface area (TPSA) is 23.5 Å². The predicted octanol–water partition coefficient (Wildman–Crippen LogP) is 5.21. The van der Waals surface area contributed by atoms with E-state index >= 15 is 0 Å². The van der Waals surface area contributed by atoms with E-state index in [1.54, 1.807) is 11.3 Å². The summed E-state index contributed by atoms with van der Waals surface area (Å²) in [6.07, 6.45) is 5.60. The van der Waals surface area contributed by atoms with Gasteiger partial charge in [-0.3, -0.25) is 4.90 Å². The summed E-state index contributed by atoms with van der Waals surface area (Å²) < 4.78 is 1.11. The van der Waals surface area contributed by atoms with E-state index in [9.17, 15) is 5.11 Å². The van der Waals surface area contributed by atoms with Gasteiger partial charge in [-0.15, -0.1) is 11.3 Å². The second-order valence-electron chi connectivity index (χ2n) is 7.24. The van der Waals surface area contributed by atoms with Crippen LogP contribution >= 0.6 is 27.3 Å². The van der Waals surface area contributed by atoms with Crippen molar-refractivity contribution in [2.24, 2.45) is 0 Å². The average molecular weight is 408 g/mol. The molecule has 1 N–H and O–H groups in total. The van der Waals surface area contributed by atoms with Gasteiger partial charge >= 0.3 is 0 Å². The largest absolute Gasteiger partial charge is 0.390 e. The molecule has 3 rings (SSSR count). The Balaban J connectivity index is 1.71. The molecule has 24 heavy (non-hydrogen) atoms. The number of nitrogens with zero attached hydrogens (tertiary/aromatic N) is 1. The van der Waals surface area contributed by atoms with Gasteiger partial charge in [0.1, 0.15) is 0 Å². The normalized spacial score (nSPS) is 27.5. The van der Waals surface area contributed by atoms with Crippen LogP contribution in [0.2, 0.25) is 0 Å². The summed E-state index contributed by atoms with van der Waals surface area (Å²) in [5, 5.41) is 13.2. The van der Waals surface area contributed by atoms with Crippen molar-refractivity contribution in [3.8, 4) is 0 Å². The van der Waals surface area contributed by atoms with E-state index in [1.165, 1.54) is 10.4 Å². The molecule has 0 unspecified atom stereocenters. The van der Waals surface area contributed by atoms with E-state index in [0.29, 0.717) is 0 Å².